The third kappa shape index (κ3) is 6.25. The van der Waals surface area contributed by atoms with Crippen LogP contribution in [0.15, 0.2) is 0 Å². The average Bonchev–Trinajstić information content (AvgIpc) is 1.61. The van der Waals surface area contributed by atoms with Crippen molar-refractivity contribution < 1.29 is 4.74 Å². The second kappa shape index (κ2) is 4.41. The number of hydrogen-bond donors (Lipinski definition) is 0. The van der Waals surface area contributed by atoms with Gasteiger partial charge >= 0.3 is 0 Å². The lowest BCUT2D eigenvalue weighted by Gasteiger charge is -2.02. The smallest absolute Gasteiger partial charge is 0.0605 e. The van der Waals surface area contributed by atoms with Crippen LogP contribution in [0.3, 0.4) is 0 Å². The molecule has 0 rings (SSSR count). The van der Waals surface area contributed by atoms with Crippen molar-refractivity contribution in [3.05, 3.63) is 0 Å². The van der Waals surface area contributed by atoms with Gasteiger partial charge in [-0.2, -0.15) is 0 Å². The van der Waals surface area contributed by atoms with Gasteiger partial charge in [-0.05, 0) is 13.8 Å². The van der Waals surface area contributed by atoms with Crippen LogP contribution in [0.1, 0.15) is 13.8 Å². The monoisotopic (exact) mass is 122 g/mol. The molecule has 0 spiro atoms. The molecule has 0 fully saturated rings. The zero-order valence-electron chi connectivity index (χ0n) is 4.78. The molecule has 0 aromatic heterocycles. The third-order valence-electron chi connectivity index (χ3n) is 0.528. The minimum absolute atomic E-state index is 0.318. The quantitative estimate of drug-likeness (QED) is 0.518. The van der Waals surface area contributed by atoms with Crippen molar-refractivity contribution in [2.24, 2.45) is 0 Å². The molecule has 0 aromatic carbocycles. The van der Waals surface area contributed by atoms with Crippen molar-refractivity contribution in [3.8, 4) is 0 Å². The summed E-state index contributed by atoms with van der Waals surface area (Å²) in [5, 5.41) is 0. The van der Waals surface area contributed by atoms with Gasteiger partial charge in [-0.1, -0.05) is 0 Å². The van der Waals surface area contributed by atoms with E-state index in [1.807, 2.05) is 13.8 Å². The topological polar surface area (TPSA) is 9.23 Å². The summed E-state index contributed by atoms with van der Waals surface area (Å²) < 4.78 is 5.06. The second-order valence-electron chi connectivity index (χ2n) is 1.61. The molecule has 1 nitrogen and oxygen atoms in total. The minimum Gasteiger partial charge on any atom is -0.378 e. The van der Waals surface area contributed by atoms with Gasteiger partial charge < -0.3 is 4.74 Å². The van der Waals surface area contributed by atoms with Gasteiger partial charge in [-0.15, -0.1) is 11.6 Å². The highest BCUT2D eigenvalue weighted by molar-refractivity contribution is 6.17. The summed E-state index contributed by atoms with van der Waals surface area (Å²) in [7, 11) is 0. The third-order valence-corrected chi connectivity index (χ3v) is 0.683. The van der Waals surface area contributed by atoms with Crippen LogP contribution in [-0.4, -0.2) is 18.6 Å². The largest absolute Gasteiger partial charge is 0.378 e. The molecule has 0 N–H and O–H groups in total. The predicted octanol–water partition coefficient (Wildman–Crippen LogP) is 1.65. The lowest BCUT2D eigenvalue weighted by Crippen LogP contribution is -2.03. The Morgan fingerprint density at radius 3 is 2.29 bits per heavy atom. The maximum absolute atomic E-state index is 5.32. The summed E-state index contributed by atoms with van der Waals surface area (Å²) in [6.07, 6.45) is 0.318. The van der Waals surface area contributed by atoms with E-state index in [0.717, 1.165) is 0 Å². The van der Waals surface area contributed by atoms with Crippen LogP contribution in [0, 0.1) is 0 Å². The first-order chi connectivity index (χ1) is 3.27. The van der Waals surface area contributed by atoms with Crippen LogP contribution in [0.5, 0.6) is 0 Å². The van der Waals surface area contributed by atoms with E-state index >= 15 is 0 Å². The molecule has 0 saturated carbocycles. The SMILES string of the molecule is CC(C)OCCCl. The lowest BCUT2D eigenvalue weighted by atomic mass is 10.5. The molecular weight excluding hydrogens is 112 g/mol. The Bertz CT molecular complexity index is 37.1. The van der Waals surface area contributed by atoms with Crippen molar-refractivity contribution >= 4 is 11.6 Å². The summed E-state index contributed by atoms with van der Waals surface area (Å²) in [4.78, 5) is 0. The van der Waals surface area contributed by atoms with Crippen molar-refractivity contribution in [2.45, 2.75) is 20.0 Å². The predicted molar refractivity (Wildman–Crippen MR) is 31.8 cm³/mol. The van der Waals surface area contributed by atoms with Gasteiger partial charge in [0.1, 0.15) is 0 Å². The molecule has 44 valence electrons. The van der Waals surface area contributed by atoms with E-state index in [0.29, 0.717) is 18.6 Å². The molecule has 0 aliphatic heterocycles. The van der Waals surface area contributed by atoms with Crippen LogP contribution in [-0.2, 0) is 4.74 Å². The number of rotatable bonds is 3. The maximum Gasteiger partial charge on any atom is 0.0605 e. The van der Waals surface area contributed by atoms with E-state index in [9.17, 15) is 0 Å². The first-order valence-corrected chi connectivity index (χ1v) is 2.98. The van der Waals surface area contributed by atoms with Crippen LogP contribution in [0.2, 0.25) is 0 Å². The second-order valence-corrected chi connectivity index (χ2v) is 1.99. The van der Waals surface area contributed by atoms with E-state index in [4.69, 9.17) is 16.3 Å². The Morgan fingerprint density at radius 2 is 2.14 bits per heavy atom. The van der Waals surface area contributed by atoms with E-state index in [2.05, 4.69) is 0 Å². The Hall–Kier alpha value is 0.250. The Kier molecular flexibility index (Phi) is 4.57. The van der Waals surface area contributed by atoms with Gasteiger partial charge in [-0.3, -0.25) is 0 Å². The van der Waals surface area contributed by atoms with E-state index in [-0.39, 0.29) is 0 Å². The maximum atomic E-state index is 5.32. The highest BCUT2D eigenvalue weighted by Crippen LogP contribution is 1.86. The molecule has 0 atom stereocenters. The average molecular weight is 123 g/mol. The zero-order chi connectivity index (χ0) is 5.70. The number of ether oxygens (including phenoxy) is 1. The fourth-order valence-corrected chi connectivity index (χ4v) is 0.369. The number of alkyl halides is 1. The van der Waals surface area contributed by atoms with Gasteiger partial charge in [0.05, 0.1) is 12.7 Å². The van der Waals surface area contributed by atoms with Crippen molar-refractivity contribution in [3.63, 3.8) is 0 Å². The Labute approximate surface area is 49.6 Å². The zero-order valence-corrected chi connectivity index (χ0v) is 5.53. The summed E-state index contributed by atoms with van der Waals surface area (Å²) >= 11 is 5.32. The van der Waals surface area contributed by atoms with Gasteiger partial charge in [-0.25, -0.2) is 0 Å². The molecule has 2 heteroatoms. The van der Waals surface area contributed by atoms with Gasteiger partial charge in [0.25, 0.3) is 0 Å². The van der Waals surface area contributed by atoms with Gasteiger partial charge in [0, 0.05) is 5.88 Å². The number of halogens is 1. The molecule has 0 aromatic rings. The summed E-state index contributed by atoms with van der Waals surface area (Å²) in [6.45, 7) is 4.65. The van der Waals surface area contributed by atoms with Gasteiger partial charge in [0.15, 0.2) is 0 Å². The number of hydrogen-bond acceptors (Lipinski definition) is 1. The van der Waals surface area contributed by atoms with Crippen LogP contribution in [0.25, 0.3) is 0 Å². The molecule has 0 amide bonds. The Balaban J connectivity index is 2.68. The van der Waals surface area contributed by atoms with Crippen LogP contribution < -0.4 is 0 Å². The van der Waals surface area contributed by atoms with Crippen molar-refractivity contribution in [1.29, 1.82) is 0 Å². The first kappa shape index (κ1) is 7.25. The van der Waals surface area contributed by atoms with Crippen LogP contribution in [0.4, 0.5) is 0 Å². The lowest BCUT2D eigenvalue weighted by molar-refractivity contribution is 0.0914. The van der Waals surface area contributed by atoms with Gasteiger partial charge in [0.2, 0.25) is 0 Å². The highest BCUT2D eigenvalue weighted by Gasteiger charge is 1.87. The molecule has 0 heterocycles. The molecule has 0 aliphatic carbocycles. The van der Waals surface area contributed by atoms with Crippen LogP contribution >= 0.6 is 11.6 Å². The molecule has 0 saturated heterocycles. The molecule has 0 bridgehead atoms. The molecular formula is C5H11ClO. The fraction of sp³-hybridized carbons (Fsp3) is 1.00. The summed E-state index contributed by atoms with van der Waals surface area (Å²) in [6, 6.07) is 0. The standard InChI is InChI=1S/C5H11ClO/c1-5(2)7-4-3-6/h5H,3-4H2,1-2H3. The minimum atomic E-state index is 0.318. The Morgan fingerprint density at radius 1 is 1.57 bits per heavy atom. The normalized spacial score (nSPS) is 10.3. The van der Waals surface area contributed by atoms with E-state index < -0.39 is 0 Å². The fourth-order valence-electron chi connectivity index (χ4n) is 0.280. The van der Waals surface area contributed by atoms with E-state index in [1.54, 1.807) is 0 Å². The molecule has 0 radical (unpaired) electrons. The van der Waals surface area contributed by atoms with E-state index in [1.165, 1.54) is 0 Å². The van der Waals surface area contributed by atoms with Crippen molar-refractivity contribution in [1.82, 2.24) is 0 Å². The molecule has 7 heavy (non-hydrogen) atoms. The highest BCUT2D eigenvalue weighted by atomic mass is 35.5. The molecule has 0 unspecified atom stereocenters. The summed E-state index contributed by atoms with van der Waals surface area (Å²) in [5.41, 5.74) is 0. The molecule has 0 aliphatic rings. The summed E-state index contributed by atoms with van der Waals surface area (Å²) in [5.74, 6) is 0.595. The first-order valence-electron chi connectivity index (χ1n) is 2.45. The van der Waals surface area contributed by atoms with Crippen molar-refractivity contribution in [2.75, 3.05) is 12.5 Å².